The van der Waals surface area contributed by atoms with Crippen LogP contribution < -0.4 is 10.1 Å². The van der Waals surface area contributed by atoms with Gasteiger partial charge in [0, 0.05) is 48.3 Å². The summed E-state index contributed by atoms with van der Waals surface area (Å²) in [5.41, 5.74) is 4.50. The van der Waals surface area contributed by atoms with Crippen LogP contribution in [0.1, 0.15) is 49.7 Å². The van der Waals surface area contributed by atoms with E-state index in [0.29, 0.717) is 42.9 Å². The van der Waals surface area contributed by atoms with E-state index in [9.17, 15) is 9.59 Å². The number of pyridine rings is 1. The topological polar surface area (TPSA) is 86.8 Å². The molecule has 2 atom stereocenters. The Morgan fingerprint density at radius 3 is 2.59 bits per heavy atom. The molecule has 4 rings (SSSR count). The maximum absolute atomic E-state index is 13.6. The summed E-state index contributed by atoms with van der Waals surface area (Å²) >= 11 is 0. The highest BCUT2D eigenvalue weighted by molar-refractivity contribution is 6.04. The Morgan fingerprint density at radius 1 is 1.12 bits per heavy atom. The van der Waals surface area contributed by atoms with Gasteiger partial charge in [-0.2, -0.15) is 0 Å². The first kappa shape index (κ1) is 23.7. The number of esters is 1. The first-order valence-electron chi connectivity index (χ1n) is 11.6. The van der Waals surface area contributed by atoms with Crippen LogP contribution in [-0.2, 0) is 19.1 Å². The Kier molecular flexibility index (Phi) is 7.43. The fraction of sp³-hybridized carbons (Fsp3) is 0.370. The number of carbonyl (C=O) groups is 2. The molecule has 0 unspecified atom stereocenters. The minimum atomic E-state index is -0.520. The molecule has 0 saturated heterocycles. The van der Waals surface area contributed by atoms with Gasteiger partial charge in [-0.15, -0.1) is 0 Å². The van der Waals surface area contributed by atoms with Crippen LogP contribution in [0.4, 0.5) is 0 Å². The number of methoxy groups -OCH3 is 1. The van der Waals surface area contributed by atoms with Crippen molar-refractivity contribution in [2.75, 3.05) is 26.9 Å². The van der Waals surface area contributed by atoms with Gasteiger partial charge in [0.25, 0.3) is 0 Å². The van der Waals surface area contributed by atoms with Crippen molar-refractivity contribution in [3.8, 4) is 5.75 Å². The molecule has 0 spiro atoms. The SMILES string of the molecule is CCOCCOC(=O)C1=C(C)NC2=C(C(=O)C[C@@H](c3ccc(OC)cc3)C2)[C@@H]1c1cccnc1. The second kappa shape index (κ2) is 10.7. The largest absolute Gasteiger partial charge is 0.497 e. The van der Waals surface area contributed by atoms with Gasteiger partial charge in [0.05, 0.1) is 19.3 Å². The molecule has 0 fully saturated rings. The summed E-state index contributed by atoms with van der Waals surface area (Å²) in [4.78, 5) is 30.9. The number of benzene rings is 1. The Hall–Kier alpha value is -3.45. The minimum absolute atomic E-state index is 0.0236. The first-order valence-corrected chi connectivity index (χ1v) is 11.6. The van der Waals surface area contributed by atoms with Gasteiger partial charge < -0.3 is 19.5 Å². The van der Waals surface area contributed by atoms with Crippen molar-refractivity contribution in [1.82, 2.24) is 10.3 Å². The van der Waals surface area contributed by atoms with Crippen molar-refractivity contribution in [2.24, 2.45) is 0 Å². The molecule has 0 amide bonds. The summed E-state index contributed by atoms with van der Waals surface area (Å²) < 4.78 is 16.1. The molecule has 34 heavy (non-hydrogen) atoms. The molecule has 0 radical (unpaired) electrons. The van der Waals surface area contributed by atoms with E-state index >= 15 is 0 Å². The second-order valence-electron chi connectivity index (χ2n) is 8.41. The lowest BCUT2D eigenvalue weighted by Gasteiger charge is -2.36. The number of hydrogen-bond donors (Lipinski definition) is 1. The van der Waals surface area contributed by atoms with Gasteiger partial charge in [-0.25, -0.2) is 4.79 Å². The van der Waals surface area contributed by atoms with Gasteiger partial charge in [-0.3, -0.25) is 9.78 Å². The summed E-state index contributed by atoms with van der Waals surface area (Å²) in [5.74, 6) is -0.115. The van der Waals surface area contributed by atoms with Crippen molar-refractivity contribution in [3.63, 3.8) is 0 Å². The smallest absolute Gasteiger partial charge is 0.336 e. The molecule has 7 nitrogen and oxygen atoms in total. The summed E-state index contributed by atoms with van der Waals surface area (Å²) in [7, 11) is 1.63. The molecular weight excluding hydrogens is 432 g/mol. The Labute approximate surface area is 199 Å². The zero-order valence-electron chi connectivity index (χ0n) is 19.8. The standard InChI is InChI=1S/C27H30N2O5/c1-4-33-12-13-34-27(31)24-17(2)29-22-14-20(18-7-9-21(32-3)10-8-18)15-23(30)26(22)25(24)19-6-5-11-28-16-19/h5-11,16,20,25,29H,4,12-15H2,1-3H3/t20-,25+/m0/s1. The molecule has 2 aliphatic rings. The number of carbonyl (C=O) groups excluding carboxylic acids is 2. The number of nitrogens with one attached hydrogen (secondary N) is 1. The molecule has 1 N–H and O–H groups in total. The third-order valence-corrected chi connectivity index (χ3v) is 6.32. The number of rotatable bonds is 8. The van der Waals surface area contributed by atoms with Crippen LogP contribution in [0.2, 0.25) is 0 Å². The molecular formula is C27H30N2O5. The molecule has 0 saturated carbocycles. The van der Waals surface area contributed by atoms with Crippen LogP contribution in [0.5, 0.6) is 5.75 Å². The van der Waals surface area contributed by atoms with Crippen LogP contribution in [0.15, 0.2) is 71.3 Å². The maximum Gasteiger partial charge on any atom is 0.336 e. The van der Waals surface area contributed by atoms with E-state index in [-0.39, 0.29) is 18.3 Å². The van der Waals surface area contributed by atoms with E-state index in [1.165, 1.54) is 0 Å². The van der Waals surface area contributed by atoms with Gasteiger partial charge in [-0.1, -0.05) is 18.2 Å². The number of hydrogen-bond acceptors (Lipinski definition) is 7. The van der Waals surface area contributed by atoms with Crippen LogP contribution in [0.3, 0.4) is 0 Å². The Balaban J connectivity index is 1.67. The highest BCUT2D eigenvalue weighted by Gasteiger charge is 2.41. The van der Waals surface area contributed by atoms with Gasteiger partial charge in [0.2, 0.25) is 0 Å². The lowest BCUT2D eigenvalue weighted by atomic mass is 9.72. The van der Waals surface area contributed by atoms with Crippen molar-refractivity contribution in [3.05, 3.63) is 82.5 Å². The molecule has 7 heteroatoms. The van der Waals surface area contributed by atoms with E-state index in [0.717, 1.165) is 22.6 Å². The van der Waals surface area contributed by atoms with Gasteiger partial charge in [0.15, 0.2) is 5.78 Å². The van der Waals surface area contributed by atoms with Gasteiger partial charge in [0.1, 0.15) is 12.4 Å². The van der Waals surface area contributed by atoms with Crippen LogP contribution >= 0.6 is 0 Å². The molecule has 1 aromatic carbocycles. The second-order valence-corrected chi connectivity index (χ2v) is 8.41. The zero-order chi connectivity index (χ0) is 24.1. The predicted octanol–water partition coefficient (Wildman–Crippen LogP) is 4.03. The van der Waals surface area contributed by atoms with Crippen molar-refractivity contribution in [2.45, 2.75) is 38.5 Å². The molecule has 2 heterocycles. The number of aromatic nitrogens is 1. The van der Waals surface area contributed by atoms with Crippen molar-refractivity contribution >= 4 is 11.8 Å². The average Bonchev–Trinajstić information content (AvgIpc) is 2.86. The number of ketones is 1. The molecule has 2 aromatic rings. The highest BCUT2D eigenvalue weighted by atomic mass is 16.6. The summed E-state index contributed by atoms with van der Waals surface area (Å²) in [6, 6.07) is 11.6. The molecule has 0 bridgehead atoms. The summed E-state index contributed by atoms with van der Waals surface area (Å²) in [6.45, 7) is 4.78. The lowest BCUT2D eigenvalue weighted by Crippen LogP contribution is -2.36. The molecule has 1 aliphatic heterocycles. The summed E-state index contributed by atoms with van der Waals surface area (Å²) in [5, 5.41) is 3.36. The van der Waals surface area contributed by atoms with E-state index in [4.69, 9.17) is 14.2 Å². The number of allylic oxidation sites excluding steroid dienone is 3. The van der Waals surface area contributed by atoms with E-state index in [1.54, 1.807) is 19.5 Å². The Morgan fingerprint density at radius 2 is 1.91 bits per heavy atom. The predicted molar refractivity (Wildman–Crippen MR) is 127 cm³/mol. The van der Waals surface area contributed by atoms with Gasteiger partial charge >= 0.3 is 5.97 Å². The zero-order valence-corrected chi connectivity index (χ0v) is 19.8. The molecule has 1 aromatic heterocycles. The van der Waals surface area contributed by atoms with Crippen molar-refractivity contribution in [1.29, 1.82) is 0 Å². The van der Waals surface area contributed by atoms with E-state index in [1.807, 2.05) is 50.2 Å². The number of dihydropyridines is 1. The van der Waals surface area contributed by atoms with Gasteiger partial charge in [-0.05, 0) is 55.5 Å². The monoisotopic (exact) mass is 462 g/mol. The average molecular weight is 463 g/mol. The number of ether oxygens (including phenoxy) is 3. The van der Waals surface area contributed by atoms with Crippen LogP contribution in [-0.4, -0.2) is 43.7 Å². The third kappa shape index (κ3) is 4.89. The normalized spacial score (nSPS) is 20.0. The number of Topliss-reactive ketones (excluding diaryl/α,β-unsaturated/α-hetero) is 1. The Bertz CT molecular complexity index is 1110. The minimum Gasteiger partial charge on any atom is -0.497 e. The van der Waals surface area contributed by atoms with E-state index in [2.05, 4.69) is 10.3 Å². The summed E-state index contributed by atoms with van der Waals surface area (Å²) in [6.07, 6.45) is 4.44. The molecule has 1 aliphatic carbocycles. The maximum atomic E-state index is 13.6. The lowest BCUT2D eigenvalue weighted by molar-refractivity contribution is -0.140. The van der Waals surface area contributed by atoms with Crippen molar-refractivity contribution < 1.29 is 23.8 Å². The highest BCUT2D eigenvalue weighted by Crippen LogP contribution is 2.45. The molecule has 178 valence electrons. The quantitative estimate of drug-likeness (QED) is 0.468. The van der Waals surface area contributed by atoms with Crippen LogP contribution in [0, 0.1) is 0 Å². The van der Waals surface area contributed by atoms with Crippen LogP contribution in [0.25, 0.3) is 0 Å². The van der Waals surface area contributed by atoms with E-state index < -0.39 is 11.9 Å². The number of nitrogens with zero attached hydrogens (tertiary/aromatic N) is 1. The fourth-order valence-corrected chi connectivity index (χ4v) is 4.72. The third-order valence-electron chi connectivity index (χ3n) is 6.32. The fourth-order valence-electron chi connectivity index (χ4n) is 4.72. The first-order chi connectivity index (χ1) is 16.5.